The van der Waals surface area contributed by atoms with Gasteiger partial charge in [0, 0.05) is 60.1 Å². The zero-order valence-corrected chi connectivity index (χ0v) is 33.9. The van der Waals surface area contributed by atoms with Gasteiger partial charge in [-0.1, -0.05) is 76.2 Å². The van der Waals surface area contributed by atoms with Crippen LogP contribution in [0, 0.1) is 11.8 Å². The molecule has 4 N–H and O–H groups in total. The molecule has 12 rings (SSSR count). The number of imidazole rings is 2. The zero-order chi connectivity index (χ0) is 40.8. The fraction of sp³-hybridized carbons (Fsp3) is 0.391. The van der Waals surface area contributed by atoms with E-state index in [-0.39, 0.29) is 47.9 Å². The van der Waals surface area contributed by atoms with Crippen molar-refractivity contribution in [3.63, 3.8) is 0 Å². The average molecular weight is 799 g/mol. The first kappa shape index (κ1) is 35.8. The fourth-order valence-electron chi connectivity index (χ4n) is 12.0. The number of aromatic amines is 2. The third-order valence-electron chi connectivity index (χ3n) is 15.1. The van der Waals surface area contributed by atoms with Crippen molar-refractivity contribution in [1.29, 1.82) is 0 Å². The highest BCUT2D eigenvalue weighted by Crippen LogP contribution is 2.65. The first-order valence-corrected chi connectivity index (χ1v) is 21.1. The van der Waals surface area contributed by atoms with E-state index in [9.17, 15) is 0 Å². The molecule has 8 atom stereocenters. The second-order valence-electron chi connectivity index (χ2n) is 18.7. The molecule has 6 aliphatic rings. The molecule has 6 aromatic rings. The normalized spacial score (nSPS) is 31.1. The smallest absolute Gasteiger partial charge is 0.252 e. The van der Waals surface area contributed by atoms with Crippen LogP contribution in [0.5, 0.6) is 0 Å². The van der Waals surface area contributed by atoms with Gasteiger partial charge in [-0.15, -0.1) is 0 Å². The van der Waals surface area contributed by atoms with E-state index < -0.39 is 21.9 Å². The topological polar surface area (TPSA) is 174 Å². The van der Waals surface area contributed by atoms with E-state index in [0.29, 0.717) is 11.8 Å². The molecule has 14 nitrogen and oxygen atoms in total. The van der Waals surface area contributed by atoms with Crippen LogP contribution in [0.25, 0.3) is 11.1 Å². The molecule has 0 radical (unpaired) electrons. The molecular formula is C46H46N12O2. The van der Waals surface area contributed by atoms with Gasteiger partial charge >= 0.3 is 0 Å². The second kappa shape index (κ2) is 12.2. The van der Waals surface area contributed by atoms with Crippen LogP contribution in [0.4, 0.5) is 11.9 Å². The van der Waals surface area contributed by atoms with Crippen molar-refractivity contribution < 1.29 is 9.59 Å². The lowest BCUT2D eigenvalue weighted by Crippen LogP contribution is -2.64. The fourth-order valence-corrected chi connectivity index (χ4v) is 12.0. The minimum Gasteiger partial charge on any atom is -0.347 e. The van der Waals surface area contributed by atoms with Gasteiger partial charge in [0.25, 0.3) is 11.8 Å². The van der Waals surface area contributed by atoms with E-state index in [1.54, 1.807) is 36.9 Å². The average Bonchev–Trinajstić information content (AvgIpc) is 3.85. The molecule has 4 fully saturated rings. The lowest BCUT2D eigenvalue weighted by Gasteiger charge is -2.52. The summed E-state index contributed by atoms with van der Waals surface area (Å²) in [6.45, 7) is 8.53. The number of piperidine rings is 2. The van der Waals surface area contributed by atoms with E-state index in [1.807, 2.05) is 12.4 Å². The maximum atomic E-state index is 15.2. The SMILES string of the molecule is CC1(C)c2c[nH]c(n2)C2CC3CC3N2C1(C(=O)Nc1ncccn1)c1ccc(-c2ccc(C3(C(=O)Nc4ncccn4)N4C(CC5CC54)c4nc(c[nH]4)C3(C)C)cc2)cc1. The molecule has 8 heterocycles. The summed E-state index contributed by atoms with van der Waals surface area (Å²) in [4.78, 5) is 70.1. The lowest BCUT2D eigenvalue weighted by atomic mass is 9.64. The Hall–Kier alpha value is -6.12. The molecule has 2 aromatic carbocycles. The Bertz CT molecular complexity index is 2490. The number of amides is 2. The van der Waals surface area contributed by atoms with E-state index in [1.165, 1.54) is 0 Å². The van der Waals surface area contributed by atoms with Crippen molar-refractivity contribution in [3.8, 4) is 11.1 Å². The quantitative estimate of drug-likeness (QED) is 0.144. The number of H-pyrrole nitrogens is 2. The summed E-state index contributed by atoms with van der Waals surface area (Å²) in [6.07, 6.45) is 14.5. The molecule has 60 heavy (non-hydrogen) atoms. The van der Waals surface area contributed by atoms with Crippen LogP contribution in [0.2, 0.25) is 0 Å². The number of aromatic nitrogens is 8. The van der Waals surface area contributed by atoms with E-state index in [2.05, 4.69) is 127 Å². The summed E-state index contributed by atoms with van der Waals surface area (Å²) >= 11 is 0. The Morgan fingerprint density at radius 3 is 1.35 bits per heavy atom. The van der Waals surface area contributed by atoms with Crippen LogP contribution in [0.1, 0.15) is 99.6 Å². The minimum atomic E-state index is -1.12. The lowest BCUT2D eigenvalue weighted by molar-refractivity contribution is -0.137. The minimum absolute atomic E-state index is 0.0285. The van der Waals surface area contributed by atoms with Crippen LogP contribution in [0.15, 0.2) is 97.8 Å². The van der Waals surface area contributed by atoms with Crippen LogP contribution in [0.3, 0.4) is 0 Å². The Morgan fingerprint density at radius 2 is 0.967 bits per heavy atom. The second-order valence-corrected chi connectivity index (χ2v) is 18.7. The molecule has 14 heteroatoms. The highest BCUT2D eigenvalue weighted by atomic mass is 16.2. The Morgan fingerprint density at radius 1 is 0.583 bits per heavy atom. The number of carbonyl (C=O) groups is 2. The first-order valence-electron chi connectivity index (χ1n) is 21.1. The summed E-state index contributed by atoms with van der Waals surface area (Å²) < 4.78 is 0. The van der Waals surface area contributed by atoms with Crippen molar-refractivity contribution in [3.05, 3.63) is 132 Å². The third kappa shape index (κ3) is 4.65. The highest BCUT2D eigenvalue weighted by molar-refractivity contribution is 6.00. The molecule has 8 unspecified atom stereocenters. The monoisotopic (exact) mass is 798 g/mol. The highest BCUT2D eigenvalue weighted by Gasteiger charge is 2.71. The summed E-state index contributed by atoms with van der Waals surface area (Å²) in [5, 5.41) is 6.28. The largest absolute Gasteiger partial charge is 0.347 e. The van der Waals surface area contributed by atoms with Crippen LogP contribution in [-0.2, 0) is 31.5 Å². The van der Waals surface area contributed by atoms with E-state index in [0.717, 1.165) is 71.0 Å². The van der Waals surface area contributed by atoms with Gasteiger partial charge < -0.3 is 9.97 Å². The molecule has 4 aliphatic heterocycles. The number of hydrogen-bond donors (Lipinski definition) is 4. The number of fused-ring (bicyclic) bond motifs is 12. The maximum Gasteiger partial charge on any atom is 0.252 e. The van der Waals surface area contributed by atoms with Crippen LogP contribution < -0.4 is 10.6 Å². The summed E-state index contributed by atoms with van der Waals surface area (Å²) in [5.41, 5.74) is 1.71. The van der Waals surface area contributed by atoms with Gasteiger partial charge in [-0.2, -0.15) is 0 Å². The number of nitrogens with zero attached hydrogens (tertiary/aromatic N) is 8. The predicted octanol–water partition coefficient (Wildman–Crippen LogP) is 6.30. The first-order chi connectivity index (χ1) is 29.0. The van der Waals surface area contributed by atoms with Gasteiger partial charge in [-0.25, -0.2) is 29.9 Å². The molecule has 2 aliphatic carbocycles. The van der Waals surface area contributed by atoms with E-state index in [4.69, 9.17) is 9.97 Å². The van der Waals surface area contributed by atoms with Gasteiger partial charge in [-0.05, 0) is 71.9 Å². The summed E-state index contributed by atoms with van der Waals surface area (Å²) in [7, 11) is 0. The Kier molecular flexibility index (Phi) is 7.30. The number of benzene rings is 2. The van der Waals surface area contributed by atoms with Gasteiger partial charge in [0.2, 0.25) is 11.9 Å². The molecule has 4 aromatic heterocycles. The van der Waals surface area contributed by atoms with Gasteiger partial charge in [0.15, 0.2) is 0 Å². The number of nitrogens with one attached hydrogen (secondary N) is 4. The van der Waals surface area contributed by atoms with Crippen molar-refractivity contribution in [1.82, 2.24) is 49.7 Å². The molecule has 4 bridgehead atoms. The maximum absolute atomic E-state index is 15.2. The van der Waals surface area contributed by atoms with Crippen molar-refractivity contribution in [2.24, 2.45) is 11.8 Å². The van der Waals surface area contributed by atoms with E-state index >= 15 is 9.59 Å². The number of rotatable bonds is 7. The molecular weight excluding hydrogens is 753 g/mol. The van der Waals surface area contributed by atoms with Gasteiger partial charge in [0.05, 0.1) is 23.5 Å². The number of anilines is 2. The zero-order valence-electron chi connectivity index (χ0n) is 33.9. The molecule has 0 spiro atoms. The molecule has 2 saturated heterocycles. The summed E-state index contributed by atoms with van der Waals surface area (Å²) in [5.74, 6) is 3.05. The Balaban J connectivity index is 0.958. The van der Waals surface area contributed by atoms with Crippen LogP contribution >= 0.6 is 0 Å². The number of hydrogen-bond acceptors (Lipinski definition) is 10. The van der Waals surface area contributed by atoms with Crippen molar-refractivity contribution >= 4 is 23.7 Å². The molecule has 302 valence electrons. The van der Waals surface area contributed by atoms with Gasteiger partial charge in [0.1, 0.15) is 22.7 Å². The third-order valence-corrected chi connectivity index (χ3v) is 15.1. The summed E-state index contributed by atoms with van der Waals surface area (Å²) in [6, 6.07) is 20.9. The Labute approximate surface area is 347 Å². The molecule has 2 saturated carbocycles. The van der Waals surface area contributed by atoms with Gasteiger partial charge in [-0.3, -0.25) is 30.0 Å². The predicted molar refractivity (Wildman–Crippen MR) is 222 cm³/mol. The standard InChI is InChI=1S/C46H46N12O2/c1-43(2)35-23-51-37(53-35)33-21-27-19-31(27)57(33)45(43,39(59)55-41-47-15-5-16-48-41)29-11-7-25(8-12-29)26-9-13-30(14-10-26)46(40(60)56-42-49-17-6-18-50-42)44(3,4)36-24-52-38(54-36)34-22-28-20-32(28)58(34)46/h5-18,23-24,27-28,31-34H,19-22H2,1-4H3,(H,51,53)(H,52,54)(H,47,48,55,59)(H,49,50,56,60). The van der Waals surface area contributed by atoms with Crippen molar-refractivity contribution in [2.75, 3.05) is 10.6 Å². The van der Waals surface area contributed by atoms with Crippen molar-refractivity contribution in [2.45, 2.75) is 99.5 Å². The molecule has 2 amide bonds. The number of carbonyl (C=O) groups excluding carboxylic acids is 2. The van der Waals surface area contributed by atoms with Crippen LogP contribution in [-0.4, -0.2) is 73.6 Å².